The first-order valence-corrected chi connectivity index (χ1v) is 15.5. The number of ketones is 1. The van der Waals surface area contributed by atoms with E-state index in [1.165, 1.54) is 6.92 Å². The third kappa shape index (κ3) is 6.92. The molecule has 4 aromatic carbocycles. The number of rotatable bonds is 9. The van der Waals surface area contributed by atoms with E-state index >= 15 is 0 Å². The minimum Gasteiger partial charge on any atom is -0.392 e. The van der Waals surface area contributed by atoms with Crippen LogP contribution in [-0.4, -0.2) is 32.5 Å². The Balaban J connectivity index is 1.36. The lowest BCUT2D eigenvalue weighted by Gasteiger charge is -2.43. The molecule has 1 aromatic heterocycles. The van der Waals surface area contributed by atoms with Gasteiger partial charge in [-0.3, -0.25) is 9.59 Å². The molecule has 6 rings (SSSR count). The Bertz CT molecular complexity index is 1840. The molecule has 1 saturated heterocycles. The van der Waals surface area contributed by atoms with Crippen molar-refractivity contribution in [1.82, 2.24) is 9.55 Å². The fourth-order valence-corrected chi connectivity index (χ4v) is 5.99. The van der Waals surface area contributed by atoms with Crippen LogP contribution in [0.15, 0.2) is 109 Å². The van der Waals surface area contributed by atoms with Crippen molar-refractivity contribution >= 4 is 40.6 Å². The van der Waals surface area contributed by atoms with Crippen LogP contribution < -0.4 is 5.32 Å². The predicted octanol–water partition coefficient (Wildman–Crippen LogP) is 7.78. The maximum Gasteiger partial charge on any atom is 0.255 e. The molecule has 2 N–H and O–H groups in total. The lowest BCUT2D eigenvalue weighted by molar-refractivity contribution is -0.263. The number of anilines is 1. The standard InChI is InChI=1S/C36H31Cl2N3O5/c1-22(43)26-9-6-12-29(18-26)40-35(44)27-10-5-11-28(17-27)36-45-30(19-41-21-39-33(37)34(41)38)31(24-7-3-2-4-8-24)32(46-36)25-15-13-23(20-42)14-16-25/h2-18,21,30-32,36,42H,19-20H2,1H3,(H,40,44)/t30-,31-,32+,36?/m1/s1. The van der Waals surface area contributed by atoms with E-state index in [0.29, 0.717) is 34.1 Å². The SMILES string of the molecule is CC(=O)c1cccc(NC(=O)c2cccc(C3O[C@H](Cn4cnc(Cl)c4Cl)[C@@H](c4ccccc4)[C@H](c4ccc(CO)cc4)O3)c2)c1. The van der Waals surface area contributed by atoms with Crippen molar-refractivity contribution in [1.29, 1.82) is 0 Å². The minimum absolute atomic E-state index is 0.0733. The monoisotopic (exact) mass is 655 g/mol. The molecule has 0 bridgehead atoms. The zero-order valence-corrected chi connectivity index (χ0v) is 26.4. The average molecular weight is 657 g/mol. The van der Waals surface area contributed by atoms with Gasteiger partial charge in [0.1, 0.15) is 5.15 Å². The fraction of sp³-hybridized carbons (Fsp3) is 0.194. The third-order valence-electron chi connectivity index (χ3n) is 8.03. The van der Waals surface area contributed by atoms with Gasteiger partial charge in [0.15, 0.2) is 17.2 Å². The summed E-state index contributed by atoms with van der Waals surface area (Å²) in [6.45, 7) is 1.74. The third-order valence-corrected chi connectivity index (χ3v) is 8.80. The van der Waals surface area contributed by atoms with Crippen LogP contribution in [-0.2, 0) is 22.6 Å². The van der Waals surface area contributed by atoms with Gasteiger partial charge in [0.2, 0.25) is 0 Å². The van der Waals surface area contributed by atoms with E-state index in [0.717, 1.165) is 16.7 Å². The largest absolute Gasteiger partial charge is 0.392 e. The van der Waals surface area contributed by atoms with Crippen LogP contribution in [0.25, 0.3) is 0 Å². The topological polar surface area (TPSA) is 103 Å². The summed E-state index contributed by atoms with van der Waals surface area (Å²) in [7, 11) is 0. The van der Waals surface area contributed by atoms with Crippen molar-refractivity contribution in [3.63, 3.8) is 0 Å². The average Bonchev–Trinajstić information content (AvgIpc) is 3.40. The zero-order valence-electron chi connectivity index (χ0n) is 24.8. The summed E-state index contributed by atoms with van der Waals surface area (Å²) in [5.41, 5.74) is 4.76. The number of ether oxygens (including phenoxy) is 2. The van der Waals surface area contributed by atoms with Crippen molar-refractivity contribution < 1.29 is 24.2 Å². The molecule has 46 heavy (non-hydrogen) atoms. The number of hydrogen-bond donors (Lipinski definition) is 2. The molecular formula is C36H31Cl2N3O5. The van der Waals surface area contributed by atoms with E-state index < -0.39 is 18.5 Å². The van der Waals surface area contributed by atoms with Crippen LogP contribution in [0, 0.1) is 0 Å². The Morgan fingerprint density at radius 3 is 2.26 bits per heavy atom. The molecule has 234 valence electrons. The number of carbonyl (C=O) groups excluding carboxylic acids is 2. The molecule has 8 nitrogen and oxygen atoms in total. The molecule has 0 spiro atoms. The summed E-state index contributed by atoms with van der Waals surface area (Å²) in [5, 5.41) is 13.0. The summed E-state index contributed by atoms with van der Waals surface area (Å²) >= 11 is 12.7. The number of hydrogen-bond acceptors (Lipinski definition) is 6. The molecule has 10 heteroatoms. The van der Waals surface area contributed by atoms with Gasteiger partial charge in [-0.1, -0.05) is 102 Å². The first-order valence-electron chi connectivity index (χ1n) is 14.7. The predicted molar refractivity (Wildman–Crippen MR) is 176 cm³/mol. The molecule has 0 aliphatic carbocycles. The highest BCUT2D eigenvalue weighted by molar-refractivity contribution is 6.40. The number of aromatic nitrogens is 2. The van der Waals surface area contributed by atoms with Crippen LogP contribution in [0.2, 0.25) is 10.3 Å². The highest BCUT2D eigenvalue weighted by Crippen LogP contribution is 2.47. The van der Waals surface area contributed by atoms with Gasteiger partial charge in [-0.05, 0) is 47.9 Å². The van der Waals surface area contributed by atoms with E-state index in [1.807, 2.05) is 60.7 Å². The Labute approximate surface area is 276 Å². The molecule has 4 atom stereocenters. The number of benzene rings is 4. The van der Waals surface area contributed by atoms with Crippen LogP contribution in [0.5, 0.6) is 0 Å². The lowest BCUT2D eigenvalue weighted by atomic mass is 9.83. The zero-order chi connectivity index (χ0) is 32.2. The van der Waals surface area contributed by atoms with Crippen molar-refractivity contribution in [2.24, 2.45) is 0 Å². The molecule has 1 aliphatic rings. The van der Waals surface area contributed by atoms with E-state index in [2.05, 4.69) is 10.3 Å². The van der Waals surface area contributed by atoms with Gasteiger partial charge in [0.25, 0.3) is 5.91 Å². The molecule has 1 unspecified atom stereocenters. The van der Waals surface area contributed by atoms with E-state index in [1.54, 1.807) is 53.4 Å². The first kappa shape index (κ1) is 31.7. The van der Waals surface area contributed by atoms with Crippen molar-refractivity contribution in [3.8, 4) is 0 Å². The van der Waals surface area contributed by atoms with Crippen molar-refractivity contribution in [2.75, 3.05) is 5.32 Å². The molecule has 0 saturated carbocycles. The van der Waals surface area contributed by atoms with Gasteiger partial charge in [-0.15, -0.1) is 0 Å². The normalized spacial score (nSPS) is 19.5. The molecule has 0 radical (unpaired) electrons. The van der Waals surface area contributed by atoms with Gasteiger partial charge in [-0.25, -0.2) is 4.98 Å². The summed E-state index contributed by atoms with van der Waals surface area (Å²) in [5.74, 6) is -0.699. The number of carbonyl (C=O) groups is 2. The van der Waals surface area contributed by atoms with Crippen LogP contribution in [0.3, 0.4) is 0 Å². The number of Topliss-reactive ketones (excluding diaryl/α,β-unsaturated/α-hetero) is 1. The Hall–Kier alpha value is -4.31. The number of amides is 1. The number of halogens is 2. The summed E-state index contributed by atoms with van der Waals surface area (Å²) in [6.07, 6.45) is -0.196. The van der Waals surface area contributed by atoms with Gasteiger partial charge < -0.3 is 24.5 Å². The number of nitrogens with one attached hydrogen (secondary N) is 1. The summed E-state index contributed by atoms with van der Waals surface area (Å²) in [4.78, 5) is 29.3. The molecule has 2 heterocycles. The number of nitrogens with zero attached hydrogens (tertiary/aromatic N) is 2. The summed E-state index contributed by atoms with van der Waals surface area (Å²) in [6, 6.07) is 31.5. The van der Waals surface area contributed by atoms with Crippen LogP contribution in [0.1, 0.15) is 68.2 Å². The van der Waals surface area contributed by atoms with Crippen LogP contribution >= 0.6 is 23.2 Å². The quantitative estimate of drug-likeness (QED) is 0.157. The Morgan fingerprint density at radius 2 is 1.57 bits per heavy atom. The molecule has 1 amide bonds. The highest BCUT2D eigenvalue weighted by Gasteiger charge is 2.42. The summed E-state index contributed by atoms with van der Waals surface area (Å²) < 4.78 is 15.2. The molecule has 5 aromatic rings. The van der Waals surface area contributed by atoms with Crippen molar-refractivity contribution in [2.45, 2.75) is 44.5 Å². The number of aliphatic hydroxyl groups excluding tert-OH is 1. The molecular weight excluding hydrogens is 625 g/mol. The minimum atomic E-state index is -0.848. The first-order chi connectivity index (χ1) is 22.3. The lowest BCUT2D eigenvalue weighted by Crippen LogP contribution is -2.39. The molecule has 1 fully saturated rings. The van der Waals surface area contributed by atoms with E-state index in [4.69, 9.17) is 32.7 Å². The van der Waals surface area contributed by atoms with Crippen LogP contribution in [0.4, 0.5) is 5.69 Å². The Morgan fingerprint density at radius 1 is 0.848 bits per heavy atom. The highest BCUT2D eigenvalue weighted by atomic mass is 35.5. The fourth-order valence-electron chi connectivity index (χ4n) is 5.68. The maximum atomic E-state index is 13.3. The smallest absolute Gasteiger partial charge is 0.255 e. The second-order valence-electron chi connectivity index (χ2n) is 11.1. The van der Waals surface area contributed by atoms with Gasteiger partial charge in [0, 0.05) is 28.3 Å². The van der Waals surface area contributed by atoms with Gasteiger partial charge in [-0.2, -0.15) is 0 Å². The Kier molecular flexibility index (Phi) is 9.63. The van der Waals surface area contributed by atoms with E-state index in [9.17, 15) is 14.7 Å². The second-order valence-corrected chi connectivity index (χ2v) is 11.8. The van der Waals surface area contributed by atoms with Gasteiger partial charge >= 0.3 is 0 Å². The maximum absolute atomic E-state index is 13.3. The molecule has 1 aliphatic heterocycles. The second kappa shape index (κ2) is 14.0. The number of imidazole rings is 1. The number of aliphatic hydroxyl groups is 1. The van der Waals surface area contributed by atoms with Gasteiger partial charge in [0.05, 0.1) is 31.7 Å². The van der Waals surface area contributed by atoms with Crippen molar-refractivity contribution in [3.05, 3.63) is 153 Å². The van der Waals surface area contributed by atoms with E-state index in [-0.39, 0.29) is 29.4 Å².